The summed E-state index contributed by atoms with van der Waals surface area (Å²) >= 11 is 6.94. The summed E-state index contributed by atoms with van der Waals surface area (Å²) in [6.45, 7) is 0.723. The van der Waals surface area contributed by atoms with Crippen LogP contribution in [0.5, 0.6) is 0 Å². The van der Waals surface area contributed by atoms with Gasteiger partial charge in [-0.25, -0.2) is 13.6 Å². The number of hydrogen-bond acceptors (Lipinski definition) is 4. The van der Waals surface area contributed by atoms with E-state index in [4.69, 9.17) is 17.4 Å². The van der Waals surface area contributed by atoms with Crippen molar-refractivity contribution in [2.24, 2.45) is 5.14 Å². The number of nitrogens with one attached hydrogen (secondary N) is 2. The molecule has 0 aliphatic rings. The van der Waals surface area contributed by atoms with Crippen molar-refractivity contribution in [2.45, 2.75) is 9.79 Å². The second kappa shape index (κ2) is 8.30. The number of anilines is 1. The first-order valence-corrected chi connectivity index (χ1v) is 9.75. The van der Waals surface area contributed by atoms with Crippen molar-refractivity contribution in [3.63, 3.8) is 0 Å². The van der Waals surface area contributed by atoms with Crippen LogP contribution in [0.1, 0.15) is 0 Å². The monoisotopic (exact) mass is 367 g/mol. The van der Waals surface area contributed by atoms with Gasteiger partial charge in [0.2, 0.25) is 10.0 Å². The molecule has 23 heavy (non-hydrogen) atoms. The zero-order chi connectivity index (χ0) is 16.7. The minimum absolute atomic E-state index is 0.0705. The lowest BCUT2D eigenvalue weighted by Crippen LogP contribution is -2.30. The van der Waals surface area contributed by atoms with Gasteiger partial charge in [-0.2, -0.15) is 0 Å². The number of primary sulfonamides is 1. The Morgan fingerprint density at radius 2 is 1.74 bits per heavy atom. The van der Waals surface area contributed by atoms with E-state index in [-0.39, 0.29) is 4.90 Å². The number of thioether (sulfide) groups is 1. The molecule has 0 heterocycles. The van der Waals surface area contributed by atoms with Gasteiger partial charge in [-0.1, -0.05) is 18.2 Å². The number of rotatable bonds is 6. The van der Waals surface area contributed by atoms with Gasteiger partial charge in [-0.15, -0.1) is 11.8 Å². The first-order valence-electron chi connectivity index (χ1n) is 6.81. The fraction of sp³-hybridized carbons (Fsp3) is 0.133. The molecule has 0 aliphatic heterocycles. The molecule has 0 atom stereocenters. The standard InChI is InChI=1S/C15H17N3O2S3/c16-23(19,20)14-8-6-12(7-9-14)18-15(21)17-10-11-22-13-4-2-1-3-5-13/h1-9H,10-11H2,(H2,16,19,20)(H2,17,18,21). The molecule has 0 saturated heterocycles. The Balaban J connectivity index is 1.74. The average Bonchev–Trinajstić information content (AvgIpc) is 2.52. The summed E-state index contributed by atoms with van der Waals surface area (Å²) < 4.78 is 22.3. The summed E-state index contributed by atoms with van der Waals surface area (Å²) in [5, 5.41) is 11.6. The molecule has 0 radical (unpaired) electrons. The van der Waals surface area contributed by atoms with E-state index in [0.29, 0.717) is 10.8 Å². The van der Waals surface area contributed by atoms with E-state index in [9.17, 15) is 8.42 Å². The van der Waals surface area contributed by atoms with Crippen LogP contribution in [0, 0.1) is 0 Å². The summed E-state index contributed by atoms with van der Waals surface area (Å²) in [7, 11) is -3.67. The summed E-state index contributed by atoms with van der Waals surface area (Å²) in [5.41, 5.74) is 0.700. The maximum absolute atomic E-state index is 11.2. The summed E-state index contributed by atoms with van der Waals surface area (Å²) in [5.74, 6) is 0.885. The topological polar surface area (TPSA) is 84.2 Å². The molecular weight excluding hydrogens is 350 g/mol. The largest absolute Gasteiger partial charge is 0.362 e. The second-order valence-electron chi connectivity index (χ2n) is 4.61. The third-order valence-electron chi connectivity index (χ3n) is 2.84. The smallest absolute Gasteiger partial charge is 0.238 e. The molecular formula is C15H17N3O2S3. The lowest BCUT2D eigenvalue weighted by atomic mass is 10.3. The molecule has 2 rings (SSSR count). The zero-order valence-electron chi connectivity index (χ0n) is 12.2. The van der Waals surface area contributed by atoms with E-state index in [1.807, 2.05) is 18.2 Å². The van der Waals surface area contributed by atoms with Crippen molar-refractivity contribution in [3.05, 3.63) is 54.6 Å². The Morgan fingerprint density at radius 1 is 1.09 bits per heavy atom. The lowest BCUT2D eigenvalue weighted by molar-refractivity contribution is 0.598. The van der Waals surface area contributed by atoms with E-state index >= 15 is 0 Å². The predicted octanol–water partition coefficient (Wildman–Crippen LogP) is 2.41. The van der Waals surface area contributed by atoms with Crippen molar-refractivity contribution in [1.82, 2.24) is 5.32 Å². The molecule has 122 valence electrons. The number of hydrogen-bond donors (Lipinski definition) is 3. The molecule has 5 nitrogen and oxygen atoms in total. The molecule has 0 unspecified atom stereocenters. The fourth-order valence-electron chi connectivity index (χ4n) is 1.75. The number of thiocarbonyl (C=S) groups is 1. The number of benzene rings is 2. The van der Waals surface area contributed by atoms with Crippen LogP contribution in [-0.2, 0) is 10.0 Å². The molecule has 0 spiro atoms. The third kappa shape index (κ3) is 6.19. The lowest BCUT2D eigenvalue weighted by Gasteiger charge is -2.10. The molecule has 2 aromatic carbocycles. The Morgan fingerprint density at radius 3 is 2.35 bits per heavy atom. The summed E-state index contributed by atoms with van der Waals surface area (Å²) in [6, 6.07) is 16.2. The van der Waals surface area contributed by atoms with Crippen LogP contribution in [0.4, 0.5) is 5.69 Å². The highest BCUT2D eigenvalue weighted by atomic mass is 32.2. The zero-order valence-corrected chi connectivity index (χ0v) is 14.7. The van der Waals surface area contributed by atoms with Crippen molar-refractivity contribution in [3.8, 4) is 0 Å². The highest BCUT2D eigenvalue weighted by Gasteiger charge is 2.06. The van der Waals surface area contributed by atoms with Gasteiger partial charge in [-0.05, 0) is 48.6 Å². The maximum Gasteiger partial charge on any atom is 0.238 e. The van der Waals surface area contributed by atoms with Gasteiger partial charge in [0.1, 0.15) is 0 Å². The molecule has 8 heteroatoms. The van der Waals surface area contributed by atoms with Crippen LogP contribution >= 0.6 is 24.0 Å². The number of nitrogens with two attached hydrogens (primary N) is 1. The van der Waals surface area contributed by atoms with Crippen LogP contribution in [0.3, 0.4) is 0 Å². The van der Waals surface area contributed by atoms with E-state index in [0.717, 1.165) is 12.3 Å². The van der Waals surface area contributed by atoms with E-state index in [1.54, 1.807) is 23.9 Å². The summed E-state index contributed by atoms with van der Waals surface area (Å²) in [4.78, 5) is 1.29. The predicted molar refractivity (Wildman–Crippen MR) is 99.2 cm³/mol. The van der Waals surface area contributed by atoms with Gasteiger partial charge in [0.25, 0.3) is 0 Å². The molecule has 0 aliphatic carbocycles. The quantitative estimate of drug-likeness (QED) is 0.413. The van der Waals surface area contributed by atoms with Gasteiger partial charge < -0.3 is 10.6 Å². The molecule has 4 N–H and O–H groups in total. The first kappa shape index (κ1) is 17.7. The van der Waals surface area contributed by atoms with Crippen molar-refractivity contribution < 1.29 is 8.42 Å². The van der Waals surface area contributed by atoms with Gasteiger partial charge in [0, 0.05) is 22.9 Å². The fourth-order valence-corrected chi connectivity index (χ4v) is 3.28. The minimum Gasteiger partial charge on any atom is -0.362 e. The van der Waals surface area contributed by atoms with Gasteiger partial charge in [-0.3, -0.25) is 0 Å². The Labute approximate surface area is 145 Å². The van der Waals surface area contributed by atoms with Crippen LogP contribution in [0.15, 0.2) is 64.4 Å². The first-order chi connectivity index (χ1) is 10.9. The van der Waals surface area contributed by atoms with E-state index < -0.39 is 10.0 Å². The molecule has 0 aromatic heterocycles. The summed E-state index contributed by atoms with van der Waals surface area (Å²) in [6.07, 6.45) is 0. The molecule has 0 bridgehead atoms. The minimum atomic E-state index is -3.67. The van der Waals surface area contributed by atoms with Crippen molar-refractivity contribution >= 4 is 44.8 Å². The van der Waals surface area contributed by atoms with E-state index in [2.05, 4.69) is 22.8 Å². The molecule has 0 saturated carbocycles. The molecule has 2 aromatic rings. The maximum atomic E-state index is 11.2. The average molecular weight is 368 g/mol. The Bertz CT molecular complexity index is 747. The third-order valence-corrected chi connectivity index (χ3v) is 5.03. The van der Waals surface area contributed by atoms with Gasteiger partial charge >= 0.3 is 0 Å². The van der Waals surface area contributed by atoms with Crippen molar-refractivity contribution in [2.75, 3.05) is 17.6 Å². The molecule has 0 fully saturated rings. The highest BCUT2D eigenvalue weighted by Crippen LogP contribution is 2.16. The number of sulfonamides is 1. The van der Waals surface area contributed by atoms with Crippen LogP contribution in [-0.4, -0.2) is 25.8 Å². The van der Waals surface area contributed by atoms with E-state index in [1.165, 1.54) is 17.0 Å². The second-order valence-corrected chi connectivity index (χ2v) is 7.75. The SMILES string of the molecule is NS(=O)(=O)c1ccc(NC(=S)NCCSc2ccccc2)cc1. The van der Waals surface area contributed by atoms with Crippen LogP contribution < -0.4 is 15.8 Å². The highest BCUT2D eigenvalue weighted by molar-refractivity contribution is 7.99. The van der Waals surface area contributed by atoms with Crippen LogP contribution in [0.25, 0.3) is 0 Å². The molecule has 0 amide bonds. The Hall–Kier alpha value is -1.61. The van der Waals surface area contributed by atoms with Gasteiger partial charge in [0.15, 0.2) is 5.11 Å². The van der Waals surface area contributed by atoms with Crippen LogP contribution in [0.2, 0.25) is 0 Å². The Kier molecular flexibility index (Phi) is 6.40. The van der Waals surface area contributed by atoms with Crippen molar-refractivity contribution in [1.29, 1.82) is 0 Å². The normalized spacial score (nSPS) is 11.0. The van der Waals surface area contributed by atoms with Gasteiger partial charge in [0.05, 0.1) is 4.90 Å².